The largest absolute Gasteiger partial charge is 0.496 e. The first kappa shape index (κ1) is 24.5. The quantitative estimate of drug-likeness (QED) is 0.556. The van der Waals surface area contributed by atoms with Gasteiger partial charge in [-0.25, -0.2) is 0 Å². The van der Waals surface area contributed by atoms with Crippen LogP contribution in [-0.2, 0) is 10.8 Å². The van der Waals surface area contributed by atoms with E-state index in [-0.39, 0.29) is 22.3 Å². The maximum atomic E-state index is 11.3. The second-order valence-corrected chi connectivity index (χ2v) is 10.7. The van der Waals surface area contributed by atoms with Crippen LogP contribution in [-0.4, -0.2) is 34.6 Å². The highest BCUT2D eigenvalue weighted by atomic mass is 16.5. The summed E-state index contributed by atoms with van der Waals surface area (Å²) in [5.74, 6) is 0.493. The fourth-order valence-electron chi connectivity index (χ4n) is 4.25. The summed E-state index contributed by atoms with van der Waals surface area (Å²) in [6.07, 6.45) is -5.37. The second-order valence-electron chi connectivity index (χ2n) is 10.7. The Morgan fingerprint density at radius 1 is 0.531 bits per heavy atom. The molecule has 4 bridgehead atoms. The van der Waals surface area contributed by atoms with Crippen LogP contribution in [0, 0.1) is 0 Å². The lowest BCUT2D eigenvalue weighted by Crippen LogP contribution is -2.23. The van der Waals surface area contributed by atoms with E-state index in [0.29, 0.717) is 22.3 Å². The van der Waals surface area contributed by atoms with Crippen LogP contribution in [0.5, 0.6) is 11.5 Å². The van der Waals surface area contributed by atoms with Crippen molar-refractivity contribution < 1.29 is 29.9 Å². The third kappa shape index (κ3) is 4.13. The number of rotatable bonds is 2. The van der Waals surface area contributed by atoms with E-state index in [1.54, 1.807) is 24.3 Å². The lowest BCUT2D eigenvalue weighted by Gasteiger charge is -2.33. The number of methoxy groups -OCH3 is 2. The molecule has 1 aliphatic rings. The standard InChI is InChI=1S/C26H36O6/c1-25(2,3)13-9-15-19(27)21(29)17-11-14(26(4,5)6)12-18(24(17)32-8)22(30)20(28)16(10-13)23(15)31-7/h9-12,19-22,27-30H,1-8H3/t19-,20+,21-,22+. The van der Waals surface area contributed by atoms with Crippen LogP contribution in [0.15, 0.2) is 24.3 Å². The zero-order valence-corrected chi connectivity index (χ0v) is 20.2. The van der Waals surface area contributed by atoms with Gasteiger partial charge in [0.05, 0.1) is 14.2 Å². The minimum Gasteiger partial charge on any atom is -0.496 e. The summed E-state index contributed by atoms with van der Waals surface area (Å²) in [6.45, 7) is 12.1. The summed E-state index contributed by atoms with van der Waals surface area (Å²) in [7, 11) is 2.89. The first-order chi connectivity index (χ1) is 14.7. The smallest absolute Gasteiger partial charge is 0.130 e. The molecule has 2 aromatic rings. The third-order valence-corrected chi connectivity index (χ3v) is 6.31. The monoisotopic (exact) mass is 444 g/mol. The van der Waals surface area contributed by atoms with E-state index in [2.05, 4.69) is 0 Å². The molecule has 0 aromatic heterocycles. The van der Waals surface area contributed by atoms with Crippen molar-refractivity contribution in [2.45, 2.75) is 76.8 Å². The van der Waals surface area contributed by atoms with Gasteiger partial charge in [-0.2, -0.15) is 0 Å². The van der Waals surface area contributed by atoms with Crippen LogP contribution >= 0.6 is 0 Å². The fraction of sp³-hybridized carbons (Fsp3) is 0.538. The van der Waals surface area contributed by atoms with E-state index in [1.807, 2.05) is 41.5 Å². The Morgan fingerprint density at radius 2 is 0.750 bits per heavy atom. The summed E-state index contributed by atoms with van der Waals surface area (Å²) in [5, 5.41) is 45.3. The number of ether oxygens (including phenoxy) is 2. The molecule has 32 heavy (non-hydrogen) atoms. The molecule has 176 valence electrons. The van der Waals surface area contributed by atoms with Crippen LogP contribution in [0.1, 0.15) is 99.3 Å². The van der Waals surface area contributed by atoms with Gasteiger partial charge in [0.1, 0.15) is 35.9 Å². The molecule has 0 aliphatic heterocycles. The zero-order chi connectivity index (χ0) is 24.2. The fourth-order valence-corrected chi connectivity index (χ4v) is 4.25. The van der Waals surface area contributed by atoms with Gasteiger partial charge < -0.3 is 29.9 Å². The SMILES string of the molecule is COc1c2cc(C(C)(C)C)cc1[C@H](O)[C@@H](O)c1cc(C(C)(C)C)cc(c1OC)[C@@H](O)[C@@H]2O. The first-order valence-corrected chi connectivity index (χ1v) is 10.9. The van der Waals surface area contributed by atoms with Crippen LogP contribution < -0.4 is 9.47 Å². The molecular weight excluding hydrogens is 408 g/mol. The number of benzene rings is 2. The zero-order valence-electron chi connectivity index (χ0n) is 20.2. The molecule has 6 heteroatoms. The molecule has 0 saturated carbocycles. The van der Waals surface area contributed by atoms with E-state index in [4.69, 9.17) is 9.47 Å². The Morgan fingerprint density at radius 3 is 0.906 bits per heavy atom. The second kappa shape index (κ2) is 8.34. The summed E-state index contributed by atoms with van der Waals surface area (Å²) in [6, 6.07) is 7.16. The first-order valence-electron chi connectivity index (χ1n) is 10.9. The lowest BCUT2D eigenvalue weighted by atomic mass is 9.78. The maximum absolute atomic E-state index is 11.3. The topological polar surface area (TPSA) is 99.4 Å². The van der Waals surface area contributed by atoms with E-state index in [1.165, 1.54) is 14.2 Å². The molecule has 0 unspecified atom stereocenters. The van der Waals surface area contributed by atoms with Gasteiger partial charge in [-0.05, 0) is 46.2 Å². The summed E-state index contributed by atoms with van der Waals surface area (Å²) in [5.41, 5.74) is 2.46. The predicted octanol–water partition coefficient (Wildman–Crippen LogP) is 4.15. The molecule has 4 atom stereocenters. The highest BCUT2D eigenvalue weighted by Gasteiger charge is 2.37. The number of hydrogen-bond acceptors (Lipinski definition) is 6. The molecule has 4 N–H and O–H groups in total. The van der Waals surface area contributed by atoms with Crippen molar-refractivity contribution in [1.29, 1.82) is 0 Å². The highest BCUT2D eigenvalue weighted by Crippen LogP contribution is 2.49. The van der Waals surface area contributed by atoms with Crippen LogP contribution in [0.3, 0.4) is 0 Å². The summed E-state index contributed by atoms with van der Waals surface area (Å²) in [4.78, 5) is 0. The van der Waals surface area contributed by atoms with Crippen LogP contribution in [0.4, 0.5) is 0 Å². The van der Waals surface area contributed by atoms with E-state index < -0.39 is 24.4 Å². The van der Waals surface area contributed by atoms with Crippen LogP contribution in [0.25, 0.3) is 0 Å². The van der Waals surface area contributed by atoms with Gasteiger partial charge in [-0.1, -0.05) is 41.5 Å². The van der Waals surface area contributed by atoms with Crippen molar-refractivity contribution in [2.24, 2.45) is 0 Å². The average molecular weight is 445 g/mol. The Hall–Kier alpha value is -2.12. The van der Waals surface area contributed by atoms with Crippen molar-refractivity contribution in [3.63, 3.8) is 0 Å². The minimum absolute atomic E-state index is 0.247. The van der Waals surface area contributed by atoms with Gasteiger partial charge in [-0.3, -0.25) is 0 Å². The molecule has 1 aliphatic carbocycles. The Bertz CT molecular complexity index is 859. The van der Waals surface area contributed by atoms with E-state index >= 15 is 0 Å². The third-order valence-electron chi connectivity index (χ3n) is 6.31. The molecule has 0 spiro atoms. The molecule has 0 heterocycles. The van der Waals surface area contributed by atoms with Crippen molar-refractivity contribution in [2.75, 3.05) is 14.2 Å². The van der Waals surface area contributed by atoms with Crippen LogP contribution in [0.2, 0.25) is 0 Å². The number of aliphatic hydroxyl groups is 4. The molecule has 0 saturated heterocycles. The Kier molecular flexibility index (Phi) is 6.39. The molecule has 0 fully saturated rings. The lowest BCUT2D eigenvalue weighted by molar-refractivity contribution is 0.00332. The molecule has 0 amide bonds. The number of hydrogen-bond donors (Lipinski definition) is 4. The molecule has 0 radical (unpaired) electrons. The Balaban J connectivity index is 2.42. The van der Waals surface area contributed by atoms with Gasteiger partial charge in [-0.15, -0.1) is 0 Å². The van der Waals surface area contributed by atoms with Gasteiger partial charge >= 0.3 is 0 Å². The average Bonchev–Trinajstić information content (AvgIpc) is 2.73. The molecule has 2 aromatic carbocycles. The molecule has 6 nitrogen and oxygen atoms in total. The maximum Gasteiger partial charge on any atom is 0.130 e. The van der Waals surface area contributed by atoms with Crippen molar-refractivity contribution >= 4 is 0 Å². The van der Waals surface area contributed by atoms with Gasteiger partial charge in [0.2, 0.25) is 0 Å². The van der Waals surface area contributed by atoms with E-state index in [0.717, 1.165) is 11.1 Å². The van der Waals surface area contributed by atoms with Crippen molar-refractivity contribution in [3.05, 3.63) is 57.6 Å². The molecule has 3 rings (SSSR count). The summed E-state index contributed by atoms with van der Waals surface area (Å²) >= 11 is 0. The Labute approximate surface area is 190 Å². The van der Waals surface area contributed by atoms with Gasteiger partial charge in [0, 0.05) is 22.3 Å². The molecular formula is C26H36O6. The van der Waals surface area contributed by atoms with Crippen molar-refractivity contribution in [3.8, 4) is 11.5 Å². The number of fused-ring (bicyclic) bond motifs is 4. The van der Waals surface area contributed by atoms with E-state index in [9.17, 15) is 20.4 Å². The summed E-state index contributed by atoms with van der Waals surface area (Å²) < 4.78 is 11.2. The number of aliphatic hydroxyl groups excluding tert-OH is 4. The normalized spacial score (nSPS) is 23.6. The van der Waals surface area contributed by atoms with Gasteiger partial charge in [0.25, 0.3) is 0 Å². The van der Waals surface area contributed by atoms with Crippen molar-refractivity contribution in [1.82, 2.24) is 0 Å². The predicted molar refractivity (Wildman–Crippen MR) is 123 cm³/mol. The highest BCUT2D eigenvalue weighted by molar-refractivity contribution is 5.55. The minimum atomic E-state index is -1.34. The van der Waals surface area contributed by atoms with Gasteiger partial charge in [0.15, 0.2) is 0 Å².